The SMILES string of the molecule is O=C(O)CC=CCNCC(F)F. The first-order chi connectivity index (χ1) is 5.63. The molecule has 5 heteroatoms. The Hall–Kier alpha value is -0.970. The normalized spacial score (nSPS) is 11.2. The largest absolute Gasteiger partial charge is 0.481 e. The van der Waals surface area contributed by atoms with E-state index in [-0.39, 0.29) is 19.5 Å². The molecule has 0 bridgehead atoms. The van der Waals surface area contributed by atoms with Crippen LogP contribution in [0.15, 0.2) is 12.2 Å². The van der Waals surface area contributed by atoms with Crippen molar-refractivity contribution < 1.29 is 18.7 Å². The molecule has 0 rings (SSSR count). The summed E-state index contributed by atoms with van der Waals surface area (Å²) >= 11 is 0. The molecule has 0 spiro atoms. The quantitative estimate of drug-likeness (QED) is 0.470. The maximum atomic E-state index is 11.5. The molecule has 0 aliphatic rings. The second-order valence-electron chi connectivity index (χ2n) is 2.12. The van der Waals surface area contributed by atoms with E-state index in [4.69, 9.17) is 5.11 Å². The average molecular weight is 179 g/mol. The third kappa shape index (κ3) is 9.03. The van der Waals surface area contributed by atoms with Crippen molar-refractivity contribution >= 4 is 5.97 Å². The minimum atomic E-state index is -2.36. The number of halogens is 2. The van der Waals surface area contributed by atoms with Crippen LogP contribution in [0.2, 0.25) is 0 Å². The number of hydrogen-bond acceptors (Lipinski definition) is 2. The summed E-state index contributed by atoms with van der Waals surface area (Å²) in [6.45, 7) is -0.0883. The Morgan fingerprint density at radius 3 is 2.67 bits per heavy atom. The van der Waals surface area contributed by atoms with Gasteiger partial charge in [-0.3, -0.25) is 4.79 Å². The summed E-state index contributed by atoms with van der Waals surface area (Å²) < 4.78 is 23.0. The first-order valence-electron chi connectivity index (χ1n) is 3.48. The van der Waals surface area contributed by atoms with Crippen LogP contribution in [0.4, 0.5) is 8.78 Å². The fourth-order valence-corrected chi connectivity index (χ4v) is 0.543. The maximum absolute atomic E-state index is 11.5. The molecule has 0 aliphatic heterocycles. The second-order valence-corrected chi connectivity index (χ2v) is 2.12. The number of nitrogens with one attached hydrogen (secondary N) is 1. The summed E-state index contributed by atoms with van der Waals surface area (Å²) in [5.74, 6) is -0.930. The van der Waals surface area contributed by atoms with Gasteiger partial charge in [0.25, 0.3) is 6.43 Å². The van der Waals surface area contributed by atoms with Gasteiger partial charge in [-0.2, -0.15) is 0 Å². The number of carboxylic acid groups (broad SMARTS) is 1. The first-order valence-corrected chi connectivity index (χ1v) is 3.48. The zero-order valence-electron chi connectivity index (χ0n) is 6.46. The zero-order valence-corrected chi connectivity index (χ0v) is 6.46. The summed E-state index contributed by atoms with van der Waals surface area (Å²) in [6.07, 6.45) is 0.492. The van der Waals surface area contributed by atoms with Crippen LogP contribution in [0.1, 0.15) is 6.42 Å². The fraction of sp³-hybridized carbons (Fsp3) is 0.571. The Labute approximate surface area is 69.1 Å². The molecule has 0 radical (unpaired) electrons. The van der Waals surface area contributed by atoms with Gasteiger partial charge < -0.3 is 10.4 Å². The highest BCUT2D eigenvalue weighted by Gasteiger charge is 1.97. The summed E-state index contributed by atoms with van der Waals surface area (Å²) in [7, 11) is 0. The summed E-state index contributed by atoms with van der Waals surface area (Å²) in [5, 5.41) is 10.6. The van der Waals surface area contributed by atoms with E-state index in [0.29, 0.717) is 0 Å². The highest BCUT2D eigenvalue weighted by atomic mass is 19.3. The Balaban J connectivity index is 3.19. The zero-order chi connectivity index (χ0) is 9.40. The van der Waals surface area contributed by atoms with E-state index in [1.807, 2.05) is 0 Å². The monoisotopic (exact) mass is 179 g/mol. The van der Waals surface area contributed by atoms with Crippen molar-refractivity contribution in [2.45, 2.75) is 12.8 Å². The van der Waals surface area contributed by atoms with Crippen LogP contribution in [0.3, 0.4) is 0 Å². The minimum Gasteiger partial charge on any atom is -0.481 e. The number of aliphatic carboxylic acids is 1. The van der Waals surface area contributed by atoms with E-state index in [0.717, 1.165) is 0 Å². The average Bonchev–Trinajstić information content (AvgIpc) is 1.95. The lowest BCUT2D eigenvalue weighted by Gasteiger charge is -1.97. The van der Waals surface area contributed by atoms with Crippen LogP contribution < -0.4 is 5.32 Å². The van der Waals surface area contributed by atoms with E-state index in [1.54, 1.807) is 0 Å². The van der Waals surface area contributed by atoms with Gasteiger partial charge in [-0.15, -0.1) is 0 Å². The Bertz CT molecular complexity index is 159. The van der Waals surface area contributed by atoms with Crippen LogP contribution in [0.25, 0.3) is 0 Å². The van der Waals surface area contributed by atoms with Gasteiger partial charge in [0.05, 0.1) is 13.0 Å². The summed E-state index contributed by atoms with van der Waals surface area (Å²) in [5.41, 5.74) is 0. The van der Waals surface area contributed by atoms with Crippen LogP contribution in [-0.4, -0.2) is 30.6 Å². The Morgan fingerprint density at radius 2 is 2.17 bits per heavy atom. The third-order valence-corrected chi connectivity index (χ3v) is 1.02. The molecule has 0 amide bonds. The van der Waals surface area contributed by atoms with Crippen LogP contribution in [0.5, 0.6) is 0 Å². The predicted molar refractivity (Wildman–Crippen MR) is 40.3 cm³/mol. The molecule has 0 saturated carbocycles. The smallest absolute Gasteiger partial charge is 0.307 e. The molecule has 0 heterocycles. The standard InChI is InChI=1S/C7H11F2NO2/c8-6(9)5-10-4-2-1-3-7(11)12/h1-2,6,10H,3-5H2,(H,11,12). The Kier molecular flexibility index (Phi) is 6.18. The predicted octanol–water partition coefficient (Wildman–Crippen LogP) is 0.872. The lowest BCUT2D eigenvalue weighted by Crippen LogP contribution is -2.20. The first kappa shape index (κ1) is 11.0. The molecule has 2 N–H and O–H groups in total. The lowest BCUT2D eigenvalue weighted by molar-refractivity contribution is -0.136. The molecule has 0 atom stereocenters. The molecule has 0 unspecified atom stereocenters. The summed E-state index contributed by atoms with van der Waals surface area (Å²) in [6, 6.07) is 0. The van der Waals surface area contributed by atoms with Crippen molar-refractivity contribution in [3.63, 3.8) is 0 Å². The van der Waals surface area contributed by atoms with E-state index >= 15 is 0 Å². The van der Waals surface area contributed by atoms with Gasteiger partial charge >= 0.3 is 5.97 Å². The van der Waals surface area contributed by atoms with E-state index in [2.05, 4.69) is 5.32 Å². The van der Waals surface area contributed by atoms with Crippen molar-refractivity contribution in [1.29, 1.82) is 0 Å². The molecule has 3 nitrogen and oxygen atoms in total. The van der Waals surface area contributed by atoms with Gasteiger partial charge in [-0.25, -0.2) is 8.78 Å². The third-order valence-electron chi connectivity index (χ3n) is 1.02. The van der Waals surface area contributed by atoms with Crippen LogP contribution in [0, 0.1) is 0 Å². The molecular weight excluding hydrogens is 168 g/mol. The van der Waals surface area contributed by atoms with E-state index in [1.165, 1.54) is 12.2 Å². The number of hydrogen-bond donors (Lipinski definition) is 2. The fourth-order valence-electron chi connectivity index (χ4n) is 0.543. The van der Waals surface area contributed by atoms with Gasteiger partial charge in [0, 0.05) is 6.54 Å². The molecule has 0 aromatic rings. The van der Waals surface area contributed by atoms with Gasteiger partial charge in [-0.05, 0) is 0 Å². The summed E-state index contributed by atoms with van der Waals surface area (Å²) in [4.78, 5) is 9.95. The molecule has 0 aliphatic carbocycles. The number of alkyl halides is 2. The van der Waals surface area contributed by atoms with E-state index in [9.17, 15) is 13.6 Å². The van der Waals surface area contributed by atoms with Gasteiger partial charge in [-0.1, -0.05) is 12.2 Å². The Morgan fingerprint density at radius 1 is 1.50 bits per heavy atom. The number of rotatable bonds is 6. The van der Waals surface area contributed by atoms with Crippen molar-refractivity contribution in [3.05, 3.63) is 12.2 Å². The van der Waals surface area contributed by atoms with Crippen molar-refractivity contribution in [1.82, 2.24) is 5.32 Å². The van der Waals surface area contributed by atoms with E-state index < -0.39 is 12.4 Å². The van der Waals surface area contributed by atoms with Crippen molar-refractivity contribution in [2.75, 3.05) is 13.1 Å². The van der Waals surface area contributed by atoms with Gasteiger partial charge in [0.2, 0.25) is 0 Å². The van der Waals surface area contributed by atoms with Gasteiger partial charge in [0.15, 0.2) is 0 Å². The van der Waals surface area contributed by atoms with Crippen molar-refractivity contribution in [3.8, 4) is 0 Å². The van der Waals surface area contributed by atoms with Crippen LogP contribution in [-0.2, 0) is 4.79 Å². The minimum absolute atomic E-state index is 0.0731. The highest BCUT2D eigenvalue weighted by molar-refractivity contribution is 5.68. The topological polar surface area (TPSA) is 49.3 Å². The maximum Gasteiger partial charge on any atom is 0.307 e. The molecule has 0 fully saturated rings. The molecule has 70 valence electrons. The highest BCUT2D eigenvalue weighted by Crippen LogP contribution is 1.87. The molecular formula is C7H11F2NO2. The molecule has 0 aromatic carbocycles. The van der Waals surface area contributed by atoms with Crippen molar-refractivity contribution in [2.24, 2.45) is 0 Å². The number of carboxylic acids is 1. The molecule has 12 heavy (non-hydrogen) atoms. The van der Waals surface area contributed by atoms with Crippen LogP contribution >= 0.6 is 0 Å². The lowest BCUT2D eigenvalue weighted by atomic mass is 10.4. The number of carbonyl (C=O) groups is 1. The molecule has 0 saturated heterocycles. The second kappa shape index (κ2) is 6.72. The van der Waals surface area contributed by atoms with Gasteiger partial charge in [0.1, 0.15) is 0 Å². The molecule has 0 aromatic heterocycles.